The molecule has 218 valence electrons. The number of hydrogen-bond acceptors (Lipinski definition) is 12. The Balaban J connectivity index is 1.51. The maximum atomic E-state index is 13.1. The van der Waals surface area contributed by atoms with Crippen molar-refractivity contribution in [3.63, 3.8) is 0 Å². The lowest BCUT2D eigenvalue weighted by Gasteiger charge is -2.49. The zero-order valence-corrected chi connectivity index (χ0v) is 23.3. The number of aromatic amines is 1. The van der Waals surface area contributed by atoms with Crippen LogP contribution in [-0.2, 0) is 30.6 Å². The van der Waals surface area contributed by atoms with Crippen LogP contribution >= 0.6 is 23.1 Å². The van der Waals surface area contributed by atoms with Crippen LogP contribution in [0, 0.1) is 0 Å². The molecule has 2 aromatic rings. The van der Waals surface area contributed by atoms with Crippen LogP contribution in [0.15, 0.2) is 38.9 Å². The fourth-order valence-corrected chi connectivity index (χ4v) is 6.28. The van der Waals surface area contributed by atoms with E-state index in [0.29, 0.717) is 17.8 Å². The number of aromatic nitrogens is 2. The number of nitrogen functional groups attached to an aromatic ring is 1. The lowest BCUT2D eigenvalue weighted by atomic mass is 10.0. The molecule has 2 aliphatic rings. The number of H-pyrrole nitrogens is 1. The number of aliphatic carboxylic acids is 2. The van der Waals surface area contributed by atoms with Crippen molar-refractivity contribution >= 4 is 57.7 Å². The molecule has 0 unspecified atom stereocenters. The number of amides is 2. The third-order valence-corrected chi connectivity index (χ3v) is 8.04. The first-order chi connectivity index (χ1) is 19.3. The number of rotatable bonds is 11. The number of nitrogens with one attached hydrogen (secondary N) is 2. The average Bonchev–Trinajstić information content (AvgIpc) is 3.31. The molecule has 41 heavy (non-hydrogen) atoms. The second kappa shape index (κ2) is 11.6. The second-order valence-electron chi connectivity index (χ2n) is 9.76. The predicted molar refractivity (Wildman–Crippen MR) is 146 cm³/mol. The fourth-order valence-electron chi connectivity index (χ4n) is 4.40. The van der Waals surface area contributed by atoms with Gasteiger partial charge in [0.05, 0.1) is 19.8 Å². The van der Waals surface area contributed by atoms with E-state index >= 15 is 0 Å². The van der Waals surface area contributed by atoms with Crippen LogP contribution in [0.4, 0.5) is 5.13 Å². The summed E-state index contributed by atoms with van der Waals surface area (Å²) in [7, 11) is 3.65. The van der Waals surface area contributed by atoms with Gasteiger partial charge < -0.3 is 40.7 Å². The van der Waals surface area contributed by atoms with Crippen molar-refractivity contribution in [2.24, 2.45) is 5.16 Å². The molecule has 1 saturated heterocycles. The average molecular weight is 609 g/mol. The number of oxime groups is 1. The van der Waals surface area contributed by atoms with Gasteiger partial charge in [0.1, 0.15) is 35.9 Å². The maximum Gasteiger partial charge on any atom is 0.352 e. The Hall–Kier alpha value is -4.42. The van der Waals surface area contributed by atoms with Gasteiger partial charge in [0.15, 0.2) is 16.6 Å². The number of carbonyl (C=O) groups is 4. The lowest BCUT2D eigenvalue weighted by Crippen LogP contribution is -2.71. The number of nitrogens with two attached hydrogens (primary N) is 1. The second-order valence-corrected chi connectivity index (χ2v) is 11.8. The van der Waals surface area contributed by atoms with Crippen molar-refractivity contribution in [3.8, 4) is 5.75 Å². The van der Waals surface area contributed by atoms with Crippen LogP contribution in [-0.4, -0.2) is 109 Å². The highest BCUT2D eigenvalue weighted by atomic mass is 32.2. The number of thiazole rings is 1. The van der Waals surface area contributed by atoms with Gasteiger partial charge in [-0.3, -0.25) is 19.3 Å². The summed E-state index contributed by atoms with van der Waals surface area (Å²) in [5.41, 5.74) is 5.55. The SMILES string of the molecule is C[N+](C)(CC1=C(C(=O)O)N2C(=O)[C@@H](NC(=O)C(=NOCC(=O)O)c3csc(N)n3)[C@@H]2SC1)Cc1cc(=O)c(O)c[nH]1. The van der Waals surface area contributed by atoms with Crippen molar-refractivity contribution in [1.29, 1.82) is 0 Å². The Morgan fingerprint density at radius 1 is 1.29 bits per heavy atom. The first kappa shape index (κ1) is 29.6. The molecule has 0 saturated carbocycles. The highest BCUT2D eigenvalue weighted by Gasteiger charge is 2.55. The Kier molecular flexibility index (Phi) is 8.36. The number of pyridine rings is 1. The van der Waals surface area contributed by atoms with Crippen LogP contribution in [0.3, 0.4) is 0 Å². The summed E-state index contributed by atoms with van der Waals surface area (Å²) in [4.78, 5) is 73.7. The number of aromatic hydroxyl groups is 1. The molecule has 2 aliphatic heterocycles. The minimum Gasteiger partial charge on any atom is -0.503 e. The number of β-lactam (4-membered cyclic amide) rings is 1. The van der Waals surface area contributed by atoms with Crippen molar-refractivity contribution in [3.05, 3.63) is 50.5 Å². The minimum absolute atomic E-state index is 0.0127. The predicted octanol–water partition coefficient (Wildman–Crippen LogP) is -1.06. The van der Waals surface area contributed by atoms with Crippen LogP contribution in [0.5, 0.6) is 5.75 Å². The first-order valence-corrected chi connectivity index (χ1v) is 13.8. The van der Waals surface area contributed by atoms with E-state index < -0.39 is 58.7 Å². The van der Waals surface area contributed by atoms with Crippen molar-refractivity contribution < 1.29 is 43.8 Å². The monoisotopic (exact) mass is 608 g/mol. The van der Waals surface area contributed by atoms with E-state index in [2.05, 4.69) is 20.4 Å². The molecule has 0 aliphatic carbocycles. The largest absolute Gasteiger partial charge is 0.503 e. The molecule has 7 N–H and O–H groups in total. The van der Waals surface area contributed by atoms with Crippen LogP contribution in [0.1, 0.15) is 11.4 Å². The molecule has 0 bridgehead atoms. The Labute approximate surface area is 239 Å². The molecule has 4 rings (SSSR count). The molecule has 16 nitrogen and oxygen atoms in total. The van der Waals surface area contributed by atoms with Gasteiger partial charge in [0.2, 0.25) is 12.0 Å². The normalized spacial score (nSPS) is 18.9. The molecule has 1 fully saturated rings. The van der Waals surface area contributed by atoms with Crippen molar-refractivity contribution in [2.75, 3.05) is 38.7 Å². The molecule has 4 heterocycles. The molecule has 2 aromatic heterocycles. The van der Waals surface area contributed by atoms with E-state index in [1.54, 1.807) is 0 Å². The summed E-state index contributed by atoms with van der Waals surface area (Å²) in [6, 6.07) is 0.179. The minimum atomic E-state index is -1.32. The Morgan fingerprint density at radius 2 is 2.02 bits per heavy atom. The van der Waals surface area contributed by atoms with E-state index in [9.17, 15) is 34.2 Å². The number of likely N-dealkylation sites (N-methyl/N-ethyl adjacent to an activating group) is 1. The van der Waals surface area contributed by atoms with E-state index in [1.807, 2.05) is 14.1 Å². The first-order valence-electron chi connectivity index (χ1n) is 11.8. The summed E-state index contributed by atoms with van der Waals surface area (Å²) < 4.78 is 0.229. The number of nitrogens with zero attached hydrogens (tertiary/aromatic N) is 4. The number of carbonyl (C=O) groups excluding carboxylic acids is 2. The molecule has 0 spiro atoms. The van der Waals surface area contributed by atoms with Gasteiger partial charge >= 0.3 is 11.9 Å². The fraction of sp³-hybridized carbons (Fsp3) is 0.348. The molecule has 18 heteroatoms. The van der Waals surface area contributed by atoms with E-state index in [4.69, 9.17) is 15.7 Å². The highest BCUT2D eigenvalue weighted by molar-refractivity contribution is 8.00. The number of quaternary nitrogens is 1. The number of thioether (sulfide) groups is 1. The number of fused-ring (bicyclic) bond motifs is 1. The Bertz CT molecular complexity index is 1530. The molecule has 2 amide bonds. The molecule has 2 atom stereocenters. The van der Waals surface area contributed by atoms with Crippen molar-refractivity contribution in [1.82, 2.24) is 20.2 Å². The summed E-state index contributed by atoms with van der Waals surface area (Å²) in [6.07, 6.45) is 1.19. The summed E-state index contributed by atoms with van der Waals surface area (Å²) >= 11 is 2.28. The van der Waals surface area contributed by atoms with Gasteiger partial charge in [-0.15, -0.1) is 23.1 Å². The Morgan fingerprint density at radius 3 is 2.63 bits per heavy atom. The standard InChI is InChI=1S/C23H25N7O9S2/c1-30(2,6-11-3-13(31)14(32)4-25-11)5-10-8-40-21-17(20(36)29(21)18(10)22(37)38)27-19(35)16(28-39-7-15(33)34)12-9-41-23(24)26-12/h3-4,9,17,21H,5-8H2,1-2H3,(H6-,24,25,26,27,28,31,32,33,34,35,37,38)/p+1/t17-,21+/m1/s1. The van der Waals surface area contributed by atoms with Gasteiger partial charge in [-0.25, -0.2) is 14.6 Å². The maximum absolute atomic E-state index is 13.1. The molecular weight excluding hydrogens is 582 g/mol. The lowest BCUT2D eigenvalue weighted by molar-refractivity contribution is -0.899. The number of anilines is 1. The topological polar surface area (TPSA) is 238 Å². The summed E-state index contributed by atoms with van der Waals surface area (Å²) in [6.45, 7) is -0.286. The molecular formula is C23H26N7O9S2+. The quantitative estimate of drug-likeness (QED) is 0.0775. The van der Waals surface area contributed by atoms with Gasteiger partial charge in [-0.05, 0) is 0 Å². The van der Waals surface area contributed by atoms with Crippen LogP contribution < -0.4 is 16.5 Å². The van der Waals surface area contributed by atoms with Crippen LogP contribution in [0.25, 0.3) is 0 Å². The number of carboxylic acid groups (broad SMARTS) is 2. The number of carboxylic acids is 2. The summed E-state index contributed by atoms with van der Waals surface area (Å²) in [5.74, 6) is -4.32. The van der Waals surface area contributed by atoms with Crippen molar-refractivity contribution in [2.45, 2.75) is 18.0 Å². The molecule has 0 radical (unpaired) electrons. The summed E-state index contributed by atoms with van der Waals surface area (Å²) in [5, 5.41) is 35.2. The van der Waals surface area contributed by atoms with Gasteiger partial charge in [0.25, 0.3) is 11.8 Å². The van der Waals surface area contributed by atoms with E-state index in [-0.39, 0.29) is 33.3 Å². The smallest absolute Gasteiger partial charge is 0.352 e. The van der Waals surface area contributed by atoms with Gasteiger partial charge in [-0.1, -0.05) is 5.16 Å². The highest BCUT2D eigenvalue weighted by Crippen LogP contribution is 2.41. The van der Waals surface area contributed by atoms with E-state index in [1.165, 1.54) is 29.4 Å². The van der Waals surface area contributed by atoms with E-state index in [0.717, 1.165) is 16.2 Å². The van der Waals surface area contributed by atoms with Crippen LogP contribution in [0.2, 0.25) is 0 Å². The zero-order chi connectivity index (χ0) is 30.1. The zero-order valence-electron chi connectivity index (χ0n) is 21.7. The number of hydrogen-bond donors (Lipinski definition) is 6. The van der Waals surface area contributed by atoms with Gasteiger partial charge in [0, 0.05) is 29.0 Å². The molecule has 0 aromatic carbocycles. The third kappa shape index (κ3) is 6.50. The van der Waals surface area contributed by atoms with Gasteiger partial charge in [-0.2, -0.15) is 0 Å². The third-order valence-electron chi connectivity index (χ3n) is 6.03.